The SMILES string of the molecule is CCCCCCc1c[nH]c2c(ccc3c(=O)c(CCCCCC)c[nH]c32)c1=O. The molecule has 0 radical (unpaired) electrons. The van der Waals surface area contributed by atoms with E-state index in [1.54, 1.807) is 0 Å². The molecule has 0 aliphatic carbocycles. The first-order valence-corrected chi connectivity index (χ1v) is 10.8. The Morgan fingerprint density at radius 1 is 0.643 bits per heavy atom. The zero-order valence-electron chi connectivity index (χ0n) is 17.2. The average molecular weight is 381 g/mol. The third kappa shape index (κ3) is 4.37. The van der Waals surface area contributed by atoms with Gasteiger partial charge >= 0.3 is 0 Å². The second-order valence-electron chi connectivity index (χ2n) is 7.82. The van der Waals surface area contributed by atoms with Crippen LogP contribution in [-0.4, -0.2) is 9.97 Å². The van der Waals surface area contributed by atoms with Crippen LogP contribution in [-0.2, 0) is 12.8 Å². The van der Waals surface area contributed by atoms with Gasteiger partial charge in [-0.3, -0.25) is 9.59 Å². The van der Waals surface area contributed by atoms with Crippen molar-refractivity contribution in [2.24, 2.45) is 0 Å². The Balaban J connectivity index is 1.91. The second kappa shape index (κ2) is 9.72. The summed E-state index contributed by atoms with van der Waals surface area (Å²) in [6, 6.07) is 3.62. The van der Waals surface area contributed by atoms with Gasteiger partial charge in [0.15, 0.2) is 10.9 Å². The maximum Gasteiger partial charge on any atom is 0.192 e. The highest BCUT2D eigenvalue weighted by atomic mass is 16.1. The maximum absolute atomic E-state index is 12.9. The Morgan fingerprint density at radius 2 is 1.07 bits per heavy atom. The molecule has 4 nitrogen and oxygen atoms in total. The van der Waals surface area contributed by atoms with Crippen LogP contribution in [0.3, 0.4) is 0 Å². The molecule has 150 valence electrons. The fraction of sp³-hybridized carbons (Fsp3) is 0.500. The van der Waals surface area contributed by atoms with Gasteiger partial charge in [-0.25, -0.2) is 0 Å². The van der Waals surface area contributed by atoms with Crippen LogP contribution >= 0.6 is 0 Å². The van der Waals surface area contributed by atoms with Crippen LogP contribution in [0, 0.1) is 0 Å². The van der Waals surface area contributed by atoms with Crippen LogP contribution in [0.25, 0.3) is 21.8 Å². The number of nitrogens with one attached hydrogen (secondary N) is 2. The van der Waals surface area contributed by atoms with Crippen LogP contribution in [0.4, 0.5) is 0 Å². The number of unbranched alkanes of at least 4 members (excludes halogenated alkanes) is 6. The van der Waals surface area contributed by atoms with Gasteiger partial charge in [0, 0.05) is 34.3 Å². The molecular weight excluding hydrogens is 348 g/mol. The van der Waals surface area contributed by atoms with Crippen LogP contribution in [0.2, 0.25) is 0 Å². The van der Waals surface area contributed by atoms with Crippen molar-refractivity contribution in [1.29, 1.82) is 0 Å². The van der Waals surface area contributed by atoms with Crippen molar-refractivity contribution in [2.45, 2.75) is 78.1 Å². The topological polar surface area (TPSA) is 65.7 Å². The standard InChI is InChI=1S/C24H32N2O2/c1-3-5-7-9-11-17-15-25-21-19(23(17)27)13-14-20-22(21)26-16-18(24(20)28)12-10-8-6-4-2/h13-16H,3-12H2,1-2H3,(H,25,27)(H,26,28). The molecule has 2 heterocycles. The number of aryl methyl sites for hydroxylation is 2. The lowest BCUT2D eigenvalue weighted by atomic mass is 10.0. The van der Waals surface area contributed by atoms with Crippen molar-refractivity contribution < 1.29 is 0 Å². The molecule has 0 spiro atoms. The van der Waals surface area contributed by atoms with Crippen LogP contribution in [0.1, 0.15) is 76.3 Å². The highest BCUT2D eigenvalue weighted by Gasteiger charge is 2.12. The van der Waals surface area contributed by atoms with E-state index in [0.29, 0.717) is 10.8 Å². The van der Waals surface area contributed by atoms with Crippen molar-refractivity contribution in [3.8, 4) is 0 Å². The first kappa shape index (κ1) is 20.4. The van der Waals surface area contributed by atoms with E-state index >= 15 is 0 Å². The molecule has 28 heavy (non-hydrogen) atoms. The van der Waals surface area contributed by atoms with Gasteiger partial charge in [-0.2, -0.15) is 0 Å². The predicted molar refractivity (Wildman–Crippen MR) is 118 cm³/mol. The molecule has 0 saturated carbocycles. The van der Waals surface area contributed by atoms with Gasteiger partial charge in [-0.05, 0) is 37.8 Å². The number of pyridine rings is 2. The normalized spacial score (nSPS) is 11.5. The van der Waals surface area contributed by atoms with E-state index in [4.69, 9.17) is 0 Å². The summed E-state index contributed by atoms with van der Waals surface area (Å²) in [5, 5.41) is 1.32. The first-order chi connectivity index (χ1) is 13.7. The number of aromatic amines is 2. The van der Waals surface area contributed by atoms with Crippen molar-refractivity contribution in [2.75, 3.05) is 0 Å². The summed E-state index contributed by atoms with van der Waals surface area (Å²) in [7, 11) is 0. The zero-order valence-corrected chi connectivity index (χ0v) is 17.2. The third-order valence-corrected chi connectivity index (χ3v) is 5.66. The van der Waals surface area contributed by atoms with Crippen LogP contribution in [0.5, 0.6) is 0 Å². The van der Waals surface area contributed by atoms with E-state index in [1.807, 2.05) is 24.5 Å². The van der Waals surface area contributed by atoms with E-state index in [2.05, 4.69) is 23.8 Å². The Labute approximate surface area is 166 Å². The molecule has 2 aromatic heterocycles. The van der Waals surface area contributed by atoms with Crippen molar-refractivity contribution in [1.82, 2.24) is 9.97 Å². The molecule has 3 rings (SSSR count). The number of fused-ring (bicyclic) bond motifs is 3. The summed E-state index contributed by atoms with van der Waals surface area (Å²) in [4.78, 5) is 32.3. The molecular formula is C24H32N2O2. The molecule has 0 aliphatic rings. The first-order valence-electron chi connectivity index (χ1n) is 10.8. The molecule has 2 N–H and O–H groups in total. The molecule has 0 unspecified atom stereocenters. The minimum atomic E-state index is 0.0802. The van der Waals surface area contributed by atoms with E-state index in [1.165, 1.54) is 25.7 Å². The fourth-order valence-electron chi connectivity index (χ4n) is 3.93. The summed E-state index contributed by atoms with van der Waals surface area (Å²) in [5.74, 6) is 0. The van der Waals surface area contributed by atoms with Crippen molar-refractivity contribution in [3.05, 3.63) is 56.1 Å². The Morgan fingerprint density at radius 3 is 1.46 bits per heavy atom. The molecule has 3 aromatic rings. The number of hydrogen-bond acceptors (Lipinski definition) is 2. The predicted octanol–water partition coefficient (Wildman–Crippen LogP) is 5.62. The van der Waals surface area contributed by atoms with Gasteiger partial charge in [-0.1, -0.05) is 52.4 Å². The van der Waals surface area contributed by atoms with Crippen molar-refractivity contribution >= 4 is 21.8 Å². The van der Waals surface area contributed by atoms with Gasteiger partial charge < -0.3 is 9.97 Å². The largest absolute Gasteiger partial charge is 0.359 e. The van der Waals surface area contributed by atoms with E-state index in [9.17, 15) is 9.59 Å². The van der Waals surface area contributed by atoms with Crippen molar-refractivity contribution in [3.63, 3.8) is 0 Å². The smallest absolute Gasteiger partial charge is 0.192 e. The number of aromatic nitrogens is 2. The molecule has 0 amide bonds. The third-order valence-electron chi connectivity index (χ3n) is 5.66. The van der Waals surface area contributed by atoms with Crippen LogP contribution in [0.15, 0.2) is 34.1 Å². The lowest BCUT2D eigenvalue weighted by Crippen LogP contribution is -2.13. The summed E-state index contributed by atoms with van der Waals surface area (Å²) < 4.78 is 0. The molecule has 1 aromatic carbocycles. The van der Waals surface area contributed by atoms with Gasteiger partial charge in [-0.15, -0.1) is 0 Å². The lowest BCUT2D eigenvalue weighted by Gasteiger charge is -2.08. The maximum atomic E-state index is 12.9. The number of rotatable bonds is 10. The van der Waals surface area contributed by atoms with Gasteiger partial charge in [0.1, 0.15) is 0 Å². The molecule has 0 atom stereocenters. The number of benzene rings is 1. The lowest BCUT2D eigenvalue weighted by molar-refractivity contribution is 0.665. The van der Waals surface area contributed by atoms with E-state index in [0.717, 1.165) is 60.7 Å². The fourth-order valence-corrected chi connectivity index (χ4v) is 3.93. The molecule has 0 fully saturated rings. The average Bonchev–Trinajstić information content (AvgIpc) is 2.71. The highest BCUT2D eigenvalue weighted by molar-refractivity contribution is 6.02. The number of hydrogen-bond donors (Lipinski definition) is 2. The second-order valence-corrected chi connectivity index (χ2v) is 7.82. The van der Waals surface area contributed by atoms with E-state index in [-0.39, 0.29) is 10.9 Å². The quantitative estimate of drug-likeness (QED) is 0.354. The Bertz CT molecular complexity index is 961. The van der Waals surface area contributed by atoms with Crippen LogP contribution < -0.4 is 10.9 Å². The Hall–Kier alpha value is -2.36. The molecule has 4 heteroatoms. The summed E-state index contributed by atoms with van der Waals surface area (Å²) in [5.41, 5.74) is 3.29. The minimum Gasteiger partial charge on any atom is -0.359 e. The molecule has 0 saturated heterocycles. The number of H-pyrrole nitrogens is 2. The Kier molecular flexibility index (Phi) is 7.07. The van der Waals surface area contributed by atoms with Gasteiger partial charge in [0.2, 0.25) is 0 Å². The van der Waals surface area contributed by atoms with Gasteiger partial charge in [0.25, 0.3) is 0 Å². The minimum absolute atomic E-state index is 0.0802. The van der Waals surface area contributed by atoms with E-state index < -0.39 is 0 Å². The molecule has 0 bridgehead atoms. The monoisotopic (exact) mass is 380 g/mol. The zero-order chi connectivity index (χ0) is 19.9. The molecule has 0 aliphatic heterocycles. The highest BCUT2D eigenvalue weighted by Crippen LogP contribution is 2.19. The summed E-state index contributed by atoms with van der Waals surface area (Å²) in [6.07, 6.45) is 14.4. The van der Waals surface area contributed by atoms with Gasteiger partial charge in [0.05, 0.1) is 11.0 Å². The summed E-state index contributed by atoms with van der Waals surface area (Å²) in [6.45, 7) is 4.37. The summed E-state index contributed by atoms with van der Waals surface area (Å²) >= 11 is 0.